The minimum atomic E-state index is -0.906. The molecule has 3 aromatic rings. The Morgan fingerprint density at radius 1 is 0.815 bits per heavy atom. The van der Waals surface area contributed by atoms with Gasteiger partial charge in [-0.05, 0) is 17.2 Å². The minimum Gasteiger partial charge on any atom is -0.454 e. The predicted octanol–water partition coefficient (Wildman–Crippen LogP) is 4.30. The van der Waals surface area contributed by atoms with Gasteiger partial charge in [0, 0.05) is 11.6 Å². The van der Waals surface area contributed by atoms with E-state index >= 15 is 0 Å². The number of nitrogens with zero attached hydrogens (tertiary/aromatic N) is 1. The maximum Gasteiger partial charge on any atom is 0.345 e. The van der Waals surface area contributed by atoms with E-state index in [2.05, 4.69) is 0 Å². The Bertz CT molecular complexity index is 981. The molecule has 0 aliphatic rings. The van der Waals surface area contributed by atoms with Crippen molar-refractivity contribution in [3.05, 3.63) is 100 Å². The lowest BCUT2D eigenvalue weighted by atomic mass is 10.0. The minimum absolute atomic E-state index is 0.185. The molecule has 0 atom stereocenters. The van der Waals surface area contributed by atoms with E-state index in [0.717, 1.165) is 11.1 Å². The second kappa shape index (κ2) is 8.05. The number of ketones is 1. The lowest BCUT2D eigenvalue weighted by Gasteiger charge is -2.06. The second-order valence-corrected chi connectivity index (χ2v) is 5.72. The molecule has 0 aliphatic heterocycles. The Morgan fingerprint density at radius 2 is 1.41 bits per heavy atom. The zero-order valence-electron chi connectivity index (χ0n) is 14.2. The van der Waals surface area contributed by atoms with Crippen molar-refractivity contribution in [3.8, 4) is 11.1 Å². The van der Waals surface area contributed by atoms with Crippen molar-refractivity contribution in [2.45, 2.75) is 0 Å². The first-order valence-corrected chi connectivity index (χ1v) is 8.15. The molecular formula is C21H15NO5. The van der Waals surface area contributed by atoms with Crippen LogP contribution in [0.3, 0.4) is 0 Å². The molecule has 0 amide bonds. The third-order valence-electron chi connectivity index (χ3n) is 3.97. The number of nitro groups is 1. The van der Waals surface area contributed by atoms with Gasteiger partial charge in [0.2, 0.25) is 0 Å². The van der Waals surface area contributed by atoms with Crippen LogP contribution in [-0.2, 0) is 4.74 Å². The third kappa shape index (κ3) is 4.24. The summed E-state index contributed by atoms with van der Waals surface area (Å²) in [6.07, 6.45) is 0. The number of ether oxygens (including phenoxy) is 1. The standard InChI is InChI=1S/C21H15NO5/c23-20(14-27-21(24)18-8-4-5-9-19(18)22(25)26)17-12-10-16(11-13-17)15-6-2-1-3-7-15/h1-13H,14H2. The summed E-state index contributed by atoms with van der Waals surface area (Å²) >= 11 is 0. The van der Waals surface area contributed by atoms with Crippen LogP contribution in [0, 0.1) is 10.1 Å². The topological polar surface area (TPSA) is 86.5 Å². The third-order valence-corrected chi connectivity index (χ3v) is 3.97. The van der Waals surface area contributed by atoms with Gasteiger partial charge in [-0.25, -0.2) is 4.79 Å². The molecule has 6 nitrogen and oxygen atoms in total. The van der Waals surface area contributed by atoms with Crippen LogP contribution in [0.1, 0.15) is 20.7 Å². The number of hydrogen-bond donors (Lipinski definition) is 0. The van der Waals surface area contributed by atoms with Crippen molar-refractivity contribution in [1.29, 1.82) is 0 Å². The molecule has 3 aromatic carbocycles. The quantitative estimate of drug-likeness (QED) is 0.283. The van der Waals surface area contributed by atoms with E-state index in [1.807, 2.05) is 42.5 Å². The van der Waals surface area contributed by atoms with Crippen LogP contribution in [0.5, 0.6) is 0 Å². The van der Waals surface area contributed by atoms with E-state index < -0.39 is 17.5 Å². The van der Waals surface area contributed by atoms with Crippen molar-refractivity contribution in [1.82, 2.24) is 0 Å². The lowest BCUT2D eigenvalue weighted by molar-refractivity contribution is -0.385. The normalized spacial score (nSPS) is 10.2. The number of hydrogen-bond acceptors (Lipinski definition) is 5. The molecule has 0 bridgehead atoms. The summed E-state index contributed by atoms with van der Waals surface area (Å²) < 4.78 is 4.96. The zero-order chi connectivity index (χ0) is 19.2. The van der Waals surface area contributed by atoms with Gasteiger partial charge in [-0.2, -0.15) is 0 Å². The molecule has 0 aliphatic carbocycles. The number of carbonyl (C=O) groups excluding carboxylic acids is 2. The molecule has 0 saturated carbocycles. The Hall–Kier alpha value is -3.80. The maximum atomic E-state index is 12.2. The molecule has 0 heterocycles. The highest BCUT2D eigenvalue weighted by molar-refractivity contribution is 6.00. The highest BCUT2D eigenvalue weighted by Crippen LogP contribution is 2.20. The van der Waals surface area contributed by atoms with Gasteiger partial charge in [-0.1, -0.05) is 66.7 Å². The number of nitro benzene ring substituents is 1. The number of para-hydroxylation sites is 1. The van der Waals surface area contributed by atoms with E-state index in [0.29, 0.717) is 5.56 Å². The van der Waals surface area contributed by atoms with Gasteiger partial charge in [-0.15, -0.1) is 0 Å². The molecule has 134 valence electrons. The number of benzene rings is 3. The Balaban J connectivity index is 1.66. The Labute approximate surface area is 155 Å². The fraction of sp³-hybridized carbons (Fsp3) is 0.0476. The van der Waals surface area contributed by atoms with Crippen LogP contribution in [0.25, 0.3) is 11.1 Å². The summed E-state index contributed by atoms with van der Waals surface area (Å²) in [6.45, 7) is -0.491. The SMILES string of the molecule is O=C(COC(=O)c1ccccc1[N+](=O)[O-])c1ccc(-c2ccccc2)cc1. The average Bonchev–Trinajstić information content (AvgIpc) is 2.72. The highest BCUT2D eigenvalue weighted by Gasteiger charge is 2.21. The fourth-order valence-corrected chi connectivity index (χ4v) is 2.58. The summed E-state index contributed by atoms with van der Waals surface area (Å²) in [6, 6.07) is 22.1. The molecule has 0 N–H and O–H groups in total. The molecule has 0 aromatic heterocycles. The van der Waals surface area contributed by atoms with Gasteiger partial charge in [0.15, 0.2) is 12.4 Å². The molecule has 0 radical (unpaired) electrons. The molecule has 27 heavy (non-hydrogen) atoms. The van der Waals surface area contributed by atoms with Crippen LogP contribution in [-0.4, -0.2) is 23.3 Å². The van der Waals surface area contributed by atoms with Gasteiger partial charge in [0.25, 0.3) is 5.69 Å². The van der Waals surface area contributed by atoms with Crippen LogP contribution in [0.2, 0.25) is 0 Å². The predicted molar refractivity (Wildman–Crippen MR) is 99.6 cm³/mol. The first kappa shape index (κ1) is 18.0. The van der Waals surface area contributed by atoms with Crippen molar-refractivity contribution in [2.24, 2.45) is 0 Å². The van der Waals surface area contributed by atoms with Crippen LogP contribution in [0.15, 0.2) is 78.9 Å². The average molecular weight is 361 g/mol. The van der Waals surface area contributed by atoms with Crippen molar-refractivity contribution < 1.29 is 19.2 Å². The van der Waals surface area contributed by atoms with Gasteiger partial charge in [0.1, 0.15) is 5.56 Å². The van der Waals surface area contributed by atoms with E-state index in [-0.39, 0.29) is 17.0 Å². The van der Waals surface area contributed by atoms with E-state index in [4.69, 9.17) is 4.74 Å². The highest BCUT2D eigenvalue weighted by atomic mass is 16.6. The van der Waals surface area contributed by atoms with Crippen molar-refractivity contribution in [2.75, 3.05) is 6.61 Å². The Kier molecular flexibility index (Phi) is 5.37. The molecule has 0 saturated heterocycles. The van der Waals surface area contributed by atoms with E-state index in [9.17, 15) is 19.7 Å². The molecule has 0 spiro atoms. The second-order valence-electron chi connectivity index (χ2n) is 5.72. The Morgan fingerprint density at radius 3 is 2.07 bits per heavy atom. The zero-order valence-corrected chi connectivity index (χ0v) is 14.2. The van der Waals surface area contributed by atoms with Crippen molar-refractivity contribution in [3.63, 3.8) is 0 Å². The molecular weight excluding hydrogens is 346 g/mol. The van der Waals surface area contributed by atoms with E-state index in [1.54, 1.807) is 12.1 Å². The molecule has 0 fully saturated rings. The molecule has 6 heteroatoms. The maximum absolute atomic E-state index is 12.2. The van der Waals surface area contributed by atoms with E-state index in [1.165, 1.54) is 24.3 Å². The lowest BCUT2D eigenvalue weighted by Crippen LogP contribution is -2.15. The summed E-state index contributed by atoms with van der Waals surface area (Å²) in [5.74, 6) is -1.29. The summed E-state index contributed by atoms with van der Waals surface area (Å²) in [5.41, 5.74) is 1.84. The first-order chi connectivity index (χ1) is 13.1. The van der Waals surface area contributed by atoms with Gasteiger partial charge >= 0.3 is 5.97 Å². The number of carbonyl (C=O) groups is 2. The summed E-state index contributed by atoms with van der Waals surface area (Å²) in [5, 5.41) is 11.0. The number of esters is 1. The first-order valence-electron chi connectivity index (χ1n) is 8.15. The number of Topliss-reactive ketones (excluding diaryl/α,β-unsaturated/α-hetero) is 1. The van der Waals surface area contributed by atoms with Crippen molar-refractivity contribution >= 4 is 17.4 Å². The monoisotopic (exact) mass is 361 g/mol. The van der Waals surface area contributed by atoms with Gasteiger partial charge < -0.3 is 4.74 Å². The fourth-order valence-electron chi connectivity index (χ4n) is 2.58. The van der Waals surface area contributed by atoms with Crippen LogP contribution >= 0.6 is 0 Å². The number of rotatable bonds is 6. The summed E-state index contributed by atoms with van der Waals surface area (Å²) in [7, 11) is 0. The molecule has 0 unspecified atom stereocenters. The summed E-state index contributed by atoms with van der Waals surface area (Å²) in [4.78, 5) is 34.6. The molecule has 3 rings (SSSR count). The largest absolute Gasteiger partial charge is 0.454 e. The smallest absolute Gasteiger partial charge is 0.345 e. The van der Waals surface area contributed by atoms with Crippen LogP contribution in [0.4, 0.5) is 5.69 Å². The van der Waals surface area contributed by atoms with Gasteiger partial charge in [-0.3, -0.25) is 14.9 Å². The van der Waals surface area contributed by atoms with Crippen LogP contribution < -0.4 is 0 Å². The van der Waals surface area contributed by atoms with Gasteiger partial charge in [0.05, 0.1) is 4.92 Å².